The van der Waals surface area contributed by atoms with Crippen molar-refractivity contribution >= 4 is 27.4 Å². The molecule has 0 spiro atoms. The number of carbonyl (C=O) groups is 3. The van der Waals surface area contributed by atoms with E-state index in [2.05, 4.69) is 16.0 Å². The molecule has 0 fully saturated rings. The number of amides is 2. The van der Waals surface area contributed by atoms with Crippen LogP contribution in [-0.4, -0.2) is 63.2 Å². The van der Waals surface area contributed by atoms with Crippen molar-refractivity contribution in [2.45, 2.75) is 77.9 Å². The third kappa shape index (κ3) is 11.4. The molecule has 0 aliphatic heterocycles. The zero-order valence-corrected chi connectivity index (χ0v) is 18.8. The minimum atomic E-state index is -3.18. The number of nitrogens with one attached hydrogen (secondary N) is 3. The Morgan fingerprint density at radius 1 is 0.929 bits per heavy atom. The fourth-order valence-corrected chi connectivity index (χ4v) is 3.45. The van der Waals surface area contributed by atoms with E-state index in [-0.39, 0.29) is 35.8 Å². The number of carbonyl (C=O) groups excluding carboxylic acids is 3. The standard InChI is InChI=1S/C19H37N3O5S/c1-7-8-17(19(25)21-15(13(2)3)10-9-14(4)23)22-18(24)16(20-5)11-12-28(6,26)27/h13,15-17,20H,7-12H2,1-6H3,(H,21,25)(H,22,24). The van der Waals surface area contributed by atoms with Crippen LogP contribution in [-0.2, 0) is 24.2 Å². The Kier molecular flexibility index (Phi) is 12.2. The molecule has 0 aromatic rings. The summed E-state index contributed by atoms with van der Waals surface area (Å²) in [5.41, 5.74) is 0. The van der Waals surface area contributed by atoms with E-state index in [1.54, 1.807) is 7.05 Å². The number of ketones is 1. The highest BCUT2D eigenvalue weighted by Gasteiger charge is 2.27. The second-order valence-electron chi connectivity index (χ2n) is 7.71. The summed E-state index contributed by atoms with van der Waals surface area (Å²) in [6.07, 6.45) is 3.37. The smallest absolute Gasteiger partial charge is 0.242 e. The highest BCUT2D eigenvalue weighted by molar-refractivity contribution is 7.90. The molecule has 0 aliphatic carbocycles. The molecule has 0 heterocycles. The lowest BCUT2D eigenvalue weighted by atomic mass is 9.97. The molecular formula is C19H37N3O5S. The molecule has 3 unspecified atom stereocenters. The summed E-state index contributed by atoms with van der Waals surface area (Å²) >= 11 is 0. The maximum Gasteiger partial charge on any atom is 0.242 e. The third-order valence-electron chi connectivity index (χ3n) is 4.59. The van der Waals surface area contributed by atoms with Crippen LogP contribution in [0.1, 0.15) is 59.8 Å². The van der Waals surface area contributed by atoms with E-state index in [0.717, 1.165) is 6.26 Å². The Morgan fingerprint density at radius 3 is 1.93 bits per heavy atom. The molecule has 9 heteroatoms. The van der Waals surface area contributed by atoms with E-state index in [1.807, 2.05) is 20.8 Å². The summed E-state index contributed by atoms with van der Waals surface area (Å²) in [5.74, 6) is -0.570. The van der Waals surface area contributed by atoms with E-state index in [1.165, 1.54) is 6.92 Å². The first-order valence-corrected chi connectivity index (χ1v) is 11.9. The highest BCUT2D eigenvalue weighted by atomic mass is 32.2. The van der Waals surface area contributed by atoms with E-state index >= 15 is 0 Å². The van der Waals surface area contributed by atoms with Crippen LogP contribution in [0.2, 0.25) is 0 Å². The van der Waals surface area contributed by atoms with Gasteiger partial charge in [-0.25, -0.2) is 8.42 Å². The summed E-state index contributed by atoms with van der Waals surface area (Å²) in [5, 5.41) is 8.50. The molecule has 3 atom stereocenters. The van der Waals surface area contributed by atoms with Crippen LogP contribution >= 0.6 is 0 Å². The van der Waals surface area contributed by atoms with Gasteiger partial charge in [0.2, 0.25) is 11.8 Å². The van der Waals surface area contributed by atoms with Gasteiger partial charge in [0.25, 0.3) is 0 Å². The molecule has 28 heavy (non-hydrogen) atoms. The van der Waals surface area contributed by atoms with Crippen molar-refractivity contribution in [2.75, 3.05) is 19.1 Å². The summed E-state index contributed by atoms with van der Waals surface area (Å²) < 4.78 is 22.7. The van der Waals surface area contributed by atoms with Crippen LogP contribution in [0.5, 0.6) is 0 Å². The maximum atomic E-state index is 12.7. The molecule has 0 rings (SSSR count). The molecule has 0 bridgehead atoms. The second-order valence-corrected chi connectivity index (χ2v) is 9.97. The largest absolute Gasteiger partial charge is 0.351 e. The van der Waals surface area contributed by atoms with Crippen LogP contribution in [0.15, 0.2) is 0 Å². The first-order valence-electron chi connectivity index (χ1n) is 9.86. The molecule has 0 aromatic heterocycles. The predicted molar refractivity (Wildman–Crippen MR) is 111 cm³/mol. The summed E-state index contributed by atoms with van der Waals surface area (Å²) in [4.78, 5) is 36.5. The van der Waals surface area contributed by atoms with Crippen molar-refractivity contribution in [1.29, 1.82) is 0 Å². The maximum absolute atomic E-state index is 12.7. The van der Waals surface area contributed by atoms with Crippen molar-refractivity contribution < 1.29 is 22.8 Å². The van der Waals surface area contributed by atoms with Crippen LogP contribution in [0.25, 0.3) is 0 Å². The topological polar surface area (TPSA) is 121 Å². The van der Waals surface area contributed by atoms with Crippen LogP contribution in [0.4, 0.5) is 0 Å². The SMILES string of the molecule is CCCC(NC(=O)C(CCS(C)(=O)=O)NC)C(=O)NC(CCC(C)=O)C(C)C. The minimum absolute atomic E-state index is 0.0704. The highest BCUT2D eigenvalue weighted by Crippen LogP contribution is 2.10. The molecule has 0 radical (unpaired) electrons. The lowest BCUT2D eigenvalue weighted by Gasteiger charge is -2.26. The van der Waals surface area contributed by atoms with Crippen molar-refractivity contribution in [3.05, 3.63) is 0 Å². The van der Waals surface area contributed by atoms with Gasteiger partial charge in [-0.2, -0.15) is 0 Å². The molecule has 0 saturated carbocycles. The summed E-state index contributed by atoms with van der Waals surface area (Å²) in [6.45, 7) is 7.39. The monoisotopic (exact) mass is 419 g/mol. The van der Waals surface area contributed by atoms with Crippen molar-refractivity contribution in [3.8, 4) is 0 Å². The van der Waals surface area contributed by atoms with Gasteiger partial charge in [-0.15, -0.1) is 0 Å². The average molecular weight is 420 g/mol. The van der Waals surface area contributed by atoms with Crippen LogP contribution in [0, 0.1) is 5.92 Å². The lowest BCUT2D eigenvalue weighted by molar-refractivity contribution is -0.130. The van der Waals surface area contributed by atoms with Gasteiger partial charge < -0.3 is 20.7 Å². The molecule has 0 saturated heterocycles. The van der Waals surface area contributed by atoms with Gasteiger partial charge in [-0.05, 0) is 39.2 Å². The van der Waals surface area contributed by atoms with Gasteiger partial charge in [0.15, 0.2) is 0 Å². The molecule has 0 aliphatic rings. The van der Waals surface area contributed by atoms with E-state index in [0.29, 0.717) is 25.7 Å². The molecule has 8 nitrogen and oxygen atoms in total. The van der Waals surface area contributed by atoms with Gasteiger partial charge >= 0.3 is 0 Å². The van der Waals surface area contributed by atoms with Crippen molar-refractivity contribution in [1.82, 2.24) is 16.0 Å². The zero-order chi connectivity index (χ0) is 21.9. The number of Topliss-reactive ketones (excluding diaryl/α,β-unsaturated/α-hetero) is 1. The Hall–Kier alpha value is -1.48. The number of hydrogen-bond donors (Lipinski definition) is 3. The van der Waals surface area contributed by atoms with Crippen LogP contribution in [0.3, 0.4) is 0 Å². The quantitative estimate of drug-likeness (QED) is 0.383. The van der Waals surface area contributed by atoms with Gasteiger partial charge in [-0.1, -0.05) is 27.2 Å². The molecule has 3 N–H and O–H groups in total. The van der Waals surface area contributed by atoms with Crippen molar-refractivity contribution in [2.24, 2.45) is 5.92 Å². The second kappa shape index (κ2) is 12.9. The lowest BCUT2D eigenvalue weighted by Crippen LogP contribution is -2.54. The number of rotatable bonds is 14. The Labute approximate surface area is 169 Å². The fraction of sp³-hybridized carbons (Fsp3) is 0.842. The number of sulfone groups is 1. The van der Waals surface area contributed by atoms with Crippen LogP contribution < -0.4 is 16.0 Å². The average Bonchev–Trinajstić information content (AvgIpc) is 2.57. The molecule has 0 aromatic carbocycles. The number of likely N-dealkylation sites (N-methyl/N-ethyl adjacent to an activating group) is 1. The summed E-state index contributed by atoms with van der Waals surface area (Å²) in [6, 6.07) is -1.55. The zero-order valence-electron chi connectivity index (χ0n) is 18.0. The number of hydrogen-bond acceptors (Lipinski definition) is 6. The van der Waals surface area contributed by atoms with Gasteiger partial charge in [0.1, 0.15) is 21.7 Å². The predicted octanol–water partition coefficient (Wildman–Crippen LogP) is 0.804. The molecular weight excluding hydrogens is 382 g/mol. The molecule has 164 valence electrons. The Bertz CT molecular complexity index is 619. The molecule has 2 amide bonds. The van der Waals surface area contributed by atoms with E-state index in [9.17, 15) is 22.8 Å². The van der Waals surface area contributed by atoms with E-state index < -0.39 is 27.8 Å². The van der Waals surface area contributed by atoms with E-state index in [4.69, 9.17) is 0 Å². The van der Waals surface area contributed by atoms with Gasteiger partial charge in [-0.3, -0.25) is 9.59 Å². The van der Waals surface area contributed by atoms with Gasteiger partial charge in [0.05, 0.1) is 11.8 Å². The first-order chi connectivity index (χ1) is 12.9. The summed E-state index contributed by atoms with van der Waals surface area (Å²) in [7, 11) is -1.60. The normalized spacial score (nSPS) is 15.0. The van der Waals surface area contributed by atoms with Crippen molar-refractivity contribution in [3.63, 3.8) is 0 Å². The first kappa shape index (κ1) is 26.5. The van der Waals surface area contributed by atoms with Gasteiger partial charge in [0, 0.05) is 18.7 Å². The fourth-order valence-electron chi connectivity index (χ4n) is 2.78. The Morgan fingerprint density at radius 2 is 1.50 bits per heavy atom. The minimum Gasteiger partial charge on any atom is -0.351 e. The Balaban J connectivity index is 5.03. The third-order valence-corrected chi connectivity index (χ3v) is 5.57.